The molecule has 4 nitrogen and oxygen atoms in total. The van der Waals surface area contributed by atoms with E-state index in [1.807, 2.05) is 24.3 Å². The lowest BCUT2D eigenvalue weighted by molar-refractivity contribution is -0.114. The van der Waals surface area contributed by atoms with Gasteiger partial charge in [-0.2, -0.15) is 0 Å². The van der Waals surface area contributed by atoms with Crippen LogP contribution in [-0.2, 0) is 4.79 Å². The Morgan fingerprint density at radius 3 is 2.00 bits per heavy atom. The number of carbonyl (C=O) groups is 2. The molecule has 0 bridgehead atoms. The topological polar surface area (TPSA) is 49.4 Å². The Morgan fingerprint density at radius 1 is 0.920 bits per heavy atom. The summed E-state index contributed by atoms with van der Waals surface area (Å²) in [7, 11) is 0. The molecule has 0 radical (unpaired) electrons. The second kappa shape index (κ2) is 8.50. The van der Waals surface area contributed by atoms with Crippen molar-refractivity contribution in [2.45, 2.75) is 83.2 Å². The molecule has 0 aromatic heterocycles. The predicted octanol–water partition coefficient (Wildman–Crippen LogP) is 4.75. The first-order chi connectivity index (χ1) is 12.1. The van der Waals surface area contributed by atoms with Crippen molar-refractivity contribution in [1.29, 1.82) is 0 Å². The second-order valence-corrected chi connectivity index (χ2v) is 7.56. The summed E-state index contributed by atoms with van der Waals surface area (Å²) in [4.78, 5) is 26.9. The monoisotopic (exact) mass is 342 g/mol. The smallest absolute Gasteiger partial charge is 0.254 e. The number of carbonyl (C=O) groups excluding carboxylic acids is 2. The number of nitrogens with zero attached hydrogens (tertiary/aromatic N) is 1. The highest BCUT2D eigenvalue weighted by atomic mass is 16.2. The summed E-state index contributed by atoms with van der Waals surface area (Å²) in [5.74, 6) is 0.0343. The molecule has 2 fully saturated rings. The Morgan fingerprint density at radius 2 is 1.48 bits per heavy atom. The van der Waals surface area contributed by atoms with Crippen molar-refractivity contribution in [2.75, 3.05) is 5.32 Å². The van der Waals surface area contributed by atoms with Crippen molar-refractivity contribution >= 4 is 17.5 Å². The Labute approximate surface area is 151 Å². The number of amides is 2. The summed E-state index contributed by atoms with van der Waals surface area (Å²) in [6.45, 7) is 1.49. The highest BCUT2D eigenvalue weighted by Gasteiger charge is 2.33. The maximum atomic E-state index is 13.4. The molecule has 0 spiro atoms. The minimum atomic E-state index is -0.110. The van der Waals surface area contributed by atoms with Gasteiger partial charge in [0.05, 0.1) is 0 Å². The summed E-state index contributed by atoms with van der Waals surface area (Å²) in [5.41, 5.74) is 1.40. The van der Waals surface area contributed by atoms with Gasteiger partial charge in [0, 0.05) is 30.3 Å². The summed E-state index contributed by atoms with van der Waals surface area (Å²) in [5, 5.41) is 2.79. The van der Waals surface area contributed by atoms with Gasteiger partial charge in [0.2, 0.25) is 5.91 Å². The Hall–Kier alpha value is -1.84. The molecule has 1 N–H and O–H groups in total. The summed E-state index contributed by atoms with van der Waals surface area (Å²) < 4.78 is 0. The molecular weight excluding hydrogens is 312 g/mol. The fraction of sp³-hybridized carbons (Fsp3) is 0.619. The number of rotatable bonds is 4. The quantitative estimate of drug-likeness (QED) is 0.858. The van der Waals surface area contributed by atoms with Gasteiger partial charge < -0.3 is 10.2 Å². The van der Waals surface area contributed by atoms with E-state index in [1.165, 1.54) is 45.4 Å². The van der Waals surface area contributed by atoms with Gasteiger partial charge in [-0.1, -0.05) is 44.6 Å². The minimum Gasteiger partial charge on any atom is -0.333 e. The third kappa shape index (κ3) is 4.62. The molecule has 1 aromatic rings. The lowest BCUT2D eigenvalue weighted by atomic mass is 9.88. The van der Waals surface area contributed by atoms with Gasteiger partial charge in [-0.15, -0.1) is 0 Å². The van der Waals surface area contributed by atoms with E-state index in [9.17, 15) is 9.59 Å². The van der Waals surface area contributed by atoms with Crippen LogP contribution in [0.3, 0.4) is 0 Å². The first-order valence-electron chi connectivity index (χ1n) is 9.85. The lowest BCUT2D eigenvalue weighted by Gasteiger charge is -2.42. The third-order valence-corrected chi connectivity index (χ3v) is 5.60. The third-order valence-electron chi connectivity index (χ3n) is 5.60. The van der Waals surface area contributed by atoms with Crippen molar-refractivity contribution in [3.8, 4) is 0 Å². The van der Waals surface area contributed by atoms with Gasteiger partial charge in [0.1, 0.15) is 0 Å². The van der Waals surface area contributed by atoms with Crippen LogP contribution in [0.1, 0.15) is 81.5 Å². The van der Waals surface area contributed by atoms with Gasteiger partial charge >= 0.3 is 0 Å². The summed E-state index contributed by atoms with van der Waals surface area (Å²) in [6, 6.07) is 8.17. The summed E-state index contributed by atoms with van der Waals surface area (Å²) >= 11 is 0. The van der Waals surface area contributed by atoms with Gasteiger partial charge in [0.15, 0.2) is 0 Å². The van der Waals surface area contributed by atoms with Crippen molar-refractivity contribution in [3.05, 3.63) is 29.8 Å². The maximum Gasteiger partial charge on any atom is 0.254 e. The predicted molar refractivity (Wildman–Crippen MR) is 101 cm³/mol. The molecule has 2 saturated carbocycles. The molecule has 25 heavy (non-hydrogen) atoms. The maximum absolute atomic E-state index is 13.4. The van der Waals surface area contributed by atoms with E-state index < -0.39 is 0 Å². The number of nitrogens with one attached hydrogen (secondary N) is 1. The summed E-state index contributed by atoms with van der Waals surface area (Å²) in [6.07, 6.45) is 12.0. The average Bonchev–Trinajstić information content (AvgIpc) is 2.63. The SMILES string of the molecule is CC(=O)Nc1cccc(C(=O)N(C2CCCCC2)C2CCCCC2)c1. The Balaban J connectivity index is 1.83. The number of benzene rings is 1. The van der Waals surface area contributed by atoms with Crippen LogP contribution in [0, 0.1) is 0 Å². The van der Waals surface area contributed by atoms with Crippen molar-refractivity contribution < 1.29 is 9.59 Å². The fourth-order valence-electron chi connectivity index (χ4n) is 4.43. The van der Waals surface area contributed by atoms with Gasteiger partial charge in [-0.25, -0.2) is 0 Å². The highest BCUT2D eigenvalue weighted by Crippen LogP contribution is 2.31. The number of hydrogen-bond donors (Lipinski definition) is 1. The molecule has 0 unspecified atom stereocenters. The standard InChI is InChI=1S/C21H30N2O2/c1-16(24)22-18-10-8-9-17(15-18)21(25)23(19-11-4-2-5-12-19)20-13-6-3-7-14-20/h8-10,15,19-20H,2-7,11-14H2,1H3,(H,22,24). The van der Waals surface area contributed by atoms with E-state index in [4.69, 9.17) is 0 Å². The Kier molecular flexibility index (Phi) is 6.11. The van der Waals surface area contributed by atoms with Gasteiger partial charge in [0.25, 0.3) is 5.91 Å². The molecule has 0 saturated heterocycles. The Bertz CT molecular complexity index is 584. The van der Waals surface area contributed by atoms with Crippen LogP contribution >= 0.6 is 0 Å². The first kappa shape index (κ1) is 18.0. The van der Waals surface area contributed by atoms with E-state index >= 15 is 0 Å². The molecule has 2 aliphatic rings. The van der Waals surface area contributed by atoms with Crippen LogP contribution in [0.15, 0.2) is 24.3 Å². The van der Waals surface area contributed by atoms with Crippen LogP contribution in [0.2, 0.25) is 0 Å². The second-order valence-electron chi connectivity index (χ2n) is 7.56. The van der Waals surface area contributed by atoms with Crippen LogP contribution in [0.5, 0.6) is 0 Å². The molecule has 1 aromatic carbocycles. The van der Waals surface area contributed by atoms with Crippen molar-refractivity contribution in [2.24, 2.45) is 0 Å². The molecule has 4 heteroatoms. The molecule has 2 amide bonds. The van der Waals surface area contributed by atoms with E-state index in [2.05, 4.69) is 10.2 Å². The van der Waals surface area contributed by atoms with Crippen molar-refractivity contribution in [1.82, 2.24) is 4.90 Å². The molecule has 3 rings (SSSR count). The number of hydrogen-bond acceptors (Lipinski definition) is 2. The molecule has 0 atom stereocenters. The van der Waals surface area contributed by atoms with E-state index in [0.29, 0.717) is 23.3 Å². The molecule has 0 heterocycles. The van der Waals surface area contributed by atoms with Crippen molar-refractivity contribution in [3.63, 3.8) is 0 Å². The largest absolute Gasteiger partial charge is 0.333 e. The van der Waals surface area contributed by atoms with E-state index in [0.717, 1.165) is 25.7 Å². The zero-order valence-corrected chi connectivity index (χ0v) is 15.3. The first-order valence-corrected chi connectivity index (χ1v) is 9.85. The van der Waals surface area contributed by atoms with Gasteiger partial charge in [-0.3, -0.25) is 9.59 Å². The van der Waals surface area contributed by atoms with Crippen LogP contribution in [0.25, 0.3) is 0 Å². The molecular formula is C21H30N2O2. The zero-order valence-electron chi connectivity index (χ0n) is 15.3. The lowest BCUT2D eigenvalue weighted by Crippen LogP contribution is -2.48. The van der Waals surface area contributed by atoms with E-state index in [1.54, 1.807) is 0 Å². The van der Waals surface area contributed by atoms with Crippen LogP contribution < -0.4 is 5.32 Å². The average molecular weight is 342 g/mol. The minimum absolute atomic E-state index is 0.110. The van der Waals surface area contributed by atoms with E-state index in [-0.39, 0.29) is 11.8 Å². The normalized spacial score (nSPS) is 19.4. The van der Waals surface area contributed by atoms with Crippen LogP contribution in [0.4, 0.5) is 5.69 Å². The van der Waals surface area contributed by atoms with Gasteiger partial charge in [-0.05, 0) is 43.9 Å². The highest BCUT2D eigenvalue weighted by molar-refractivity contribution is 5.97. The fourth-order valence-corrected chi connectivity index (χ4v) is 4.43. The molecule has 2 aliphatic carbocycles. The van der Waals surface area contributed by atoms with Crippen LogP contribution in [-0.4, -0.2) is 28.8 Å². The zero-order chi connectivity index (χ0) is 17.6. The number of anilines is 1. The molecule has 136 valence electrons. The molecule has 0 aliphatic heterocycles.